The standard InChI is InChI=1S/C2ClF3N2PS2/c3-9(4,5,6,7-1-10)8-2-11/q-1. The third kappa shape index (κ3) is 4.53. The van der Waals surface area contributed by atoms with Crippen molar-refractivity contribution in [1.82, 2.24) is 0 Å². The first-order valence-electron chi connectivity index (χ1n) is 1.93. The van der Waals surface area contributed by atoms with E-state index in [0.29, 0.717) is 0 Å². The van der Waals surface area contributed by atoms with Crippen molar-refractivity contribution < 1.29 is 12.6 Å². The van der Waals surface area contributed by atoms with Crippen molar-refractivity contribution >= 4 is 52.5 Å². The van der Waals surface area contributed by atoms with E-state index in [1.807, 2.05) is 9.53 Å². The number of thiocarbonyl (C=S) groups is 2. The summed E-state index contributed by atoms with van der Waals surface area (Å²) in [4.78, 5) is 0. The summed E-state index contributed by atoms with van der Waals surface area (Å²) in [5.74, 6) is 0. The molecule has 0 aliphatic rings. The molecule has 0 heterocycles. The van der Waals surface area contributed by atoms with Crippen molar-refractivity contribution in [1.29, 1.82) is 0 Å². The number of hydrogen-bond acceptors (Lipinski definition) is 4. The average molecular weight is 240 g/mol. The van der Waals surface area contributed by atoms with Gasteiger partial charge in [-0.1, -0.05) is 0 Å². The molecule has 64 valence electrons. The molecule has 0 spiro atoms. The van der Waals surface area contributed by atoms with Gasteiger partial charge in [0.25, 0.3) is 0 Å². The van der Waals surface area contributed by atoms with Gasteiger partial charge in [-0.3, -0.25) is 0 Å². The Kier molecular flexibility index (Phi) is 2.32. The molecule has 0 amide bonds. The summed E-state index contributed by atoms with van der Waals surface area (Å²) in [6.07, 6.45) is 0. The number of isothiocyanates is 2. The monoisotopic (exact) mass is 239 g/mol. The molecule has 9 heteroatoms. The minimum atomic E-state index is -8.01. The van der Waals surface area contributed by atoms with Gasteiger partial charge in [0.15, 0.2) is 0 Å². The Bertz CT molecular complexity index is 259. The number of nitrogens with zero attached hydrogens (tertiary/aromatic N) is 2. The van der Waals surface area contributed by atoms with Crippen LogP contribution in [0.15, 0.2) is 9.53 Å². The van der Waals surface area contributed by atoms with Gasteiger partial charge in [-0.25, -0.2) is 0 Å². The van der Waals surface area contributed by atoms with Crippen molar-refractivity contribution in [3.8, 4) is 0 Å². The Morgan fingerprint density at radius 2 is 1.36 bits per heavy atom. The van der Waals surface area contributed by atoms with Crippen LogP contribution in [0.1, 0.15) is 0 Å². The zero-order valence-corrected chi connectivity index (χ0v) is 7.95. The van der Waals surface area contributed by atoms with Crippen LogP contribution in [0.4, 0.5) is 12.6 Å². The van der Waals surface area contributed by atoms with Crippen LogP contribution in [0.5, 0.6) is 0 Å². The molecule has 0 atom stereocenters. The Balaban J connectivity index is 5.54. The summed E-state index contributed by atoms with van der Waals surface area (Å²) in [6.45, 7) is -8.01. The molecule has 2 nitrogen and oxygen atoms in total. The van der Waals surface area contributed by atoms with Crippen LogP contribution in [0, 0.1) is 0 Å². The van der Waals surface area contributed by atoms with Crippen LogP contribution in [0.25, 0.3) is 0 Å². The average Bonchev–Trinajstić information content (AvgIpc) is 1.59. The molecule has 0 aromatic carbocycles. The van der Waals surface area contributed by atoms with E-state index in [1.165, 1.54) is 0 Å². The van der Waals surface area contributed by atoms with Gasteiger partial charge in [-0.15, -0.1) is 0 Å². The first-order valence-corrected chi connectivity index (χ1v) is 5.91. The van der Waals surface area contributed by atoms with Gasteiger partial charge >= 0.3 is 74.6 Å². The quantitative estimate of drug-likeness (QED) is 0.414. The van der Waals surface area contributed by atoms with Crippen LogP contribution in [0.3, 0.4) is 0 Å². The Morgan fingerprint density at radius 1 is 1.09 bits per heavy atom. The van der Waals surface area contributed by atoms with E-state index in [0.717, 1.165) is 10.3 Å². The third-order valence-corrected chi connectivity index (χ3v) is 2.36. The summed E-state index contributed by atoms with van der Waals surface area (Å²) >= 11 is 11.7. The van der Waals surface area contributed by atoms with E-state index in [4.69, 9.17) is 0 Å². The first-order chi connectivity index (χ1) is 4.62. The SMILES string of the molecule is F[P-](F)(F)(Cl)(N=C=S)N=C=S. The van der Waals surface area contributed by atoms with Crippen molar-refractivity contribution in [2.45, 2.75) is 0 Å². The molecule has 0 aliphatic heterocycles. The first kappa shape index (κ1) is 11.1. The van der Waals surface area contributed by atoms with Crippen molar-refractivity contribution in [2.24, 2.45) is 9.53 Å². The van der Waals surface area contributed by atoms with Crippen LogP contribution < -0.4 is 0 Å². The maximum absolute atomic E-state index is 12.4. The molecular formula is C2ClF3N2PS2-. The molecule has 0 bridgehead atoms. The molecule has 0 aromatic rings. The van der Waals surface area contributed by atoms with Gasteiger partial charge in [0, 0.05) is 0 Å². The van der Waals surface area contributed by atoms with E-state index < -0.39 is 6.53 Å². The van der Waals surface area contributed by atoms with Crippen LogP contribution in [-0.2, 0) is 0 Å². The molecule has 0 aliphatic carbocycles. The topological polar surface area (TPSA) is 24.7 Å². The van der Waals surface area contributed by atoms with Crippen molar-refractivity contribution in [3.63, 3.8) is 0 Å². The van der Waals surface area contributed by atoms with Crippen LogP contribution in [0.2, 0.25) is 0 Å². The number of hydrogen-bond donors (Lipinski definition) is 0. The van der Waals surface area contributed by atoms with E-state index in [1.54, 1.807) is 0 Å². The fourth-order valence-corrected chi connectivity index (χ4v) is 2.06. The van der Waals surface area contributed by atoms with Crippen molar-refractivity contribution in [3.05, 3.63) is 0 Å². The zero-order chi connectivity index (χ0) is 9.24. The molecule has 0 saturated carbocycles. The Labute approximate surface area is 74.9 Å². The predicted octanol–water partition coefficient (Wildman–Crippen LogP) is 3.92. The molecule has 0 fully saturated rings. The van der Waals surface area contributed by atoms with E-state index in [-0.39, 0.29) is 0 Å². The molecule has 0 aromatic heterocycles. The molecular weight excluding hydrogens is 240 g/mol. The molecule has 0 saturated heterocycles. The number of rotatable bonds is 2. The molecule has 0 N–H and O–H groups in total. The zero-order valence-electron chi connectivity index (χ0n) is 4.67. The molecule has 0 radical (unpaired) electrons. The summed E-state index contributed by atoms with van der Waals surface area (Å²) in [5, 5.41) is 2.21. The summed E-state index contributed by atoms with van der Waals surface area (Å²) in [7, 11) is 0. The van der Waals surface area contributed by atoms with Gasteiger partial charge in [0.1, 0.15) is 0 Å². The van der Waals surface area contributed by atoms with Gasteiger partial charge < -0.3 is 0 Å². The number of halogens is 4. The summed E-state index contributed by atoms with van der Waals surface area (Å²) in [6, 6.07) is 0. The Hall–Kier alpha value is 0.110. The maximum atomic E-state index is 12.4. The van der Waals surface area contributed by atoms with Crippen molar-refractivity contribution in [2.75, 3.05) is 0 Å². The van der Waals surface area contributed by atoms with Gasteiger partial charge in [0.05, 0.1) is 0 Å². The fourth-order valence-electron chi connectivity index (χ4n) is 0.182. The van der Waals surface area contributed by atoms with E-state index in [9.17, 15) is 12.6 Å². The second-order valence-electron chi connectivity index (χ2n) is 1.46. The van der Waals surface area contributed by atoms with Gasteiger partial charge in [0.2, 0.25) is 0 Å². The van der Waals surface area contributed by atoms with E-state index >= 15 is 0 Å². The van der Waals surface area contributed by atoms with E-state index in [2.05, 4.69) is 35.7 Å². The normalized spacial score (nSPS) is 16.7. The fraction of sp³-hybridized carbons (Fsp3) is 0. The summed E-state index contributed by atoms with van der Waals surface area (Å²) < 4.78 is 41.1. The van der Waals surface area contributed by atoms with Gasteiger partial charge in [-0.2, -0.15) is 0 Å². The second kappa shape index (κ2) is 2.30. The van der Waals surface area contributed by atoms with Crippen LogP contribution in [-0.4, -0.2) is 10.3 Å². The minimum absolute atomic E-state index is 1.11. The molecule has 0 unspecified atom stereocenters. The molecule has 0 rings (SSSR count). The molecule has 11 heavy (non-hydrogen) atoms. The predicted molar refractivity (Wildman–Crippen MR) is 46.1 cm³/mol. The third-order valence-electron chi connectivity index (χ3n) is 0.473. The van der Waals surface area contributed by atoms with Crippen LogP contribution >= 0.6 is 42.2 Å². The Morgan fingerprint density at radius 3 is 1.55 bits per heavy atom. The second-order valence-corrected chi connectivity index (χ2v) is 6.44. The van der Waals surface area contributed by atoms with Gasteiger partial charge in [-0.05, 0) is 0 Å². The summed E-state index contributed by atoms with van der Waals surface area (Å²) in [5.41, 5.74) is 0.